The Kier molecular flexibility index (Phi) is 5.53. The van der Waals surface area contributed by atoms with Gasteiger partial charge in [0.25, 0.3) is 5.91 Å². The van der Waals surface area contributed by atoms with Crippen molar-refractivity contribution >= 4 is 5.91 Å². The van der Waals surface area contributed by atoms with E-state index in [0.717, 1.165) is 11.0 Å². The first kappa shape index (κ1) is 21.7. The quantitative estimate of drug-likeness (QED) is 0.618. The molecule has 1 aromatic carbocycles. The minimum atomic E-state index is -4.44. The summed E-state index contributed by atoms with van der Waals surface area (Å²) in [4.78, 5) is 20.1. The number of ether oxygens (including phenoxy) is 2. The molecule has 2 aromatic heterocycles. The Balaban J connectivity index is 1.67. The molecule has 0 aliphatic carbocycles. The second kappa shape index (κ2) is 8.17. The van der Waals surface area contributed by atoms with Crippen LogP contribution in [0.5, 0.6) is 11.5 Å². The van der Waals surface area contributed by atoms with Crippen LogP contribution < -0.4 is 15.2 Å². The number of benzene rings is 1. The van der Waals surface area contributed by atoms with E-state index in [1.54, 1.807) is 29.0 Å². The van der Waals surface area contributed by atoms with Crippen LogP contribution in [0, 0.1) is 5.92 Å². The second-order valence-corrected chi connectivity index (χ2v) is 7.69. The van der Waals surface area contributed by atoms with Crippen LogP contribution in [0.2, 0.25) is 0 Å². The minimum Gasteiger partial charge on any atom is -0.491 e. The van der Waals surface area contributed by atoms with E-state index < -0.39 is 24.7 Å². The average Bonchev–Trinajstić information content (AvgIpc) is 3.27. The first-order valence-electron chi connectivity index (χ1n) is 9.87. The summed E-state index contributed by atoms with van der Waals surface area (Å²) in [5.74, 6) is 0.720. The number of hydrogen-bond donors (Lipinski definition) is 1. The lowest BCUT2D eigenvalue weighted by atomic mass is 10.1. The standard InChI is InChI=1S/C20H21F3N6O3/c1-11(2)16(17(24)30)32-12-3-4-13-15(7-12)31-6-5-28-8-14(27-18(13)28)19-25-10-26-29(19)9-20(21,22)23/h3-4,7-8,10-11,16H,5-6,9H2,1-2H3,(H2,24,30). The van der Waals surface area contributed by atoms with Crippen molar-refractivity contribution in [1.82, 2.24) is 24.3 Å². The molecule has 9 nitrogen and oxygen atoms in total. The third-order valence-electron chi connectivity index (χ3n) is 4.88. The number of nitrogens with two attached hydrogens (primary N) is 1. The van der Waals surface area contributed by atoms with Gasteiger partial charge in [-0.25, -0.2) is 14.6 Å². The monoisotopic (exact) mass is 450 g/mol. The zero-order valence-corrected chi connectivity index (χ0v) is 17.3. The lowest BCUT2D eigenvalue weighted by Crippen LogP contribution is -2.37. The van der Waals surface area contributed by atoms with Crippen LogP contribution in [-0.2, 0) is 17.9 Å². The topological polar surface area (TPSA) is 110 Å². The molecule has 0 bridgehead atoms. The van der Waals surface area contributed by atoms with E-state index in [4.69, 9.17) is 15.2 Å². The second-order valence-electron chi connectivity index (χ2n) is 7.69. The minimum absolute atomic E-state index is 0.0200. The van der Waals surface area contributed by atoms with Crippen LogP contribution in [0.1, 0.15) is 13.8 Å². The van der Waals surface area contributed by atoms with Gasteiger partial charge in [-0.3, -0.25) is 4.79 Å². The summed E-state index contributed by atoms with van der Waals surface area (Å²) in [7, 11) is 0. The van der Waals surface area contributed by atoms with Crippen LogP contribution >= 0.6 is 0 Å². The number of amides is 1. The summed E-state index contributed by atoms with van der Waals surface area (Å²) in [6.45, 7) is 3.12. The Hall–Kier alpha value is -3.57. The number of alkyl halides is 3. The van der Waals surface area contributed by atoms with Crippen molar-refractivity contribution in [2.75, 3.05) is 6.61 Å². The molecule has 0 saturated heterocycles. The summed E-state index contributed by atoms with van der Waals surface area (Å²) >= 11 is 0. The van der Waals surface area contributed by atoms with Gasteiger partial charge in [0.15, 0.2) is 11.9 Å². The van der Waals surface area contributed by atoms with Crippen molar-refractivity contribution in [3.05, 3.63) is 30.7 Å². The van der Waals surface area contributed by atoms with Gasteiger partial charge in [0, 0.05) is 12.3 Å². The molecule has 1 amide bonds. The van der Waals surface area contributed by atoms with E-state index in [-0.39, 0.29) is 17.4 Å². The highest BCUT2D eigenvalue weighted by Gasteiger charge is 2.31. The van der Waals surface area contributed by atoms with Crippen LogP contribution in [0.4, 0.5) is 13.2 Å². The third-order valence-corrected chi connectivity index (χ3v) is 4.88. The number of aromatic nitrogens is 5. The molecule has 1 aliphatic heterocycles. The Bertz CT molecular complexity index is 1140. The smallest absolute Gasteiger partial charge is 0.408 e. The Labute approximate surface area is 181 Å². The van der Waals surface area contributed by atoms with Crippen molar-refractivity contribution in [3.8, 4) is 34.4 Å². The van der Waals surface area contributed by atoms with Crippen molar-refractivity contribution in [2.45, 2.75) is 39.2 Å². The fourth-order valence-corrected chi connectivity index (χ4v) is 3.46. The molecule has 32 heavy (non-hydrogen) atoms. The molecule has 2 N–H and O–H groups in total. The zero-order valence-electron chi connectivity index (χ0n) is 17.3. The number of fused-ring (bicyclic) bond motifs is 3. The van der Waals surface area contributed by atoms with E-state index in [1.807, 2.05) is 13.8 Å². The molecule has 0 fully saturated rings. The number of nitrogens with zero attached hydrogens (tertiary/aromatic N) is 5. The molecule has 3 aromatic rings. The molecule has 1 unspecified atom stereocenters. The van der Waals surface area contributed by atoms with Crippen LogP contribution in [0.15, 0.2) is 30.7 Å². The van der Waals surface area contributed by atoms with Gasteiger partial charge >= 0.3 is 6.18 Å². The molecule has 4 rings (SSSR count). The molecule has 0 spiro atoms. The summed E-state index contributed by atoms with van der Waals surface area (Å²) in [5, 5.41) is 3.67. The molecular weight excluding hydrogens is 429 g/mol. The van der Waals surface area contributed by atoms with Gasteiger partial charge in [0.05, 0.1) is 12.1 Å². The summed E-state index contributed by atoms with van der Waals surface area (Å²) in [6.07, 6.45) is -2.55. The van der Waals surface area contributed by atoms with Gasteiger partial charge in [-0.1, -0.05) is 13.8 Å². The first-order valence-corrected chi connectivity index (χ1v) is 9.87. The lowest BCUT2D eigenvalue weighted by Gasteiger charge is -2.20. The SMILES string of the molecule is CC(C)C(Oc1ccc2c(c1)OCCn1cc(-c3ncnn3CC(F)(F)F)nc1-2)C(N)=O. The van der Waals surface area contributed by atoms with E-state index >= 15 is 0 Å². The molecule has 1 aliphatic rings. The average molecular weight is 450 g/mol. The lowest BCUT2D eigenvalue weighted by molar-refractivity contribution is -0.142. The van der Waals surface area contributed by atoms with Gasteiger partial charge in [-0.05, 0) is 18.1 Å². The number of imidazole rings is 1. The Morgan fingerprint density at radius 3 is 2.78 bits per heavy atom. The van der Waals surface area contributed by atoms with Gasteiger partial charge < -0.3 is 19.8 Å². The number of primary amides is 1. The maximum Gasteiger partial charge on any atom is 0.408 e. The van der Waals surface area contributed by atoms with Gasteiger partial charge in [0.1, 0.15) is 42.5 Å². The zero-order chi connectivity index (χ0) is 23.0. The van der Waals surface area contributed by atoms with Crippen molar-refractivity contribution in [3.63, 3.8) is 0 Å². The molecular formula is C20H21F3N6O3. The Morgan fingerprint density at radius 1 is 1.31 bits per heavy atom. The van der Waals surface area contributed by atoms with Crippen molar-refractivity contribution in [2.24, 2.45) is 11.7 Å². The molecule has 3 heterocycles. The summed E-state index contributed by atoms with van der Waals surface area (Å²) in [5.41, 5.74) is 6.31. The van der Waals surface area contributed by atoms with Crippen molar-refractivity contribution in [1.29, 1.82) is 0 Å². The summed E-state index contributed by atoms with van der Waals surface area (Å²) < 4.78 is 52.7. The highest BCUT2D eigenvalue weighted by Crippen LogP contribution is 2.36. The number of hydrogen-bond acceptors (Lipinski definition) is 6. The van der Waals surface area contributed by atoms with Crippen LogP contribution in [-0.4, -0.2) is 49.1 Å². The largest absolute Gasteiger partial charge is 0.491 e. The Morgan fingerprint density at radius 2 is 2.09 bits per heavy atom. The molecule has 1 atom stereocenters. The van der Waals surface area contributed by atoms with E-state index in [1.165, 1.54) is 0 Å². The number of carbonyl (C=O) groups is 1. The molecule has 170 valence electrons. The fourth-order valence-electron chi connectivity index (χ4n) is 3.46. The highest BCUT2D eigenvalue weighted by atomic mass is 19.4. The predicted octanol–water partition coefficient (Wildman–Crippen LogP) is 2.65. The van der Waals surface area contributed by atoms with Gasteiger partial charge in [-0.2, -0.15) is 18.3 Å². The number of carbonyl (C=O) groups excluding carboxylic acids is 1. The highest BCUT2D eigenvalue weighted by molar-refractivity contribution is 5.79. The maximum absolute atomic E-state index is 12.8. The predicted molar refractivity (Wildman–Crippen MR) is 107 cm³/mol. The van der Waals surface area contributed by atoms with Gasteiger partial charge in [-0.15, -0.1) is 0 Å². The first-order chi connectivity index (χ1) is 15.1. The number of halogens is 3. The van der Waals surface area contributed by atoms with Crippen LogP contribution in [0.3, 0.4) is 0 Å². The summed E-state index contributed by atoms with van der Waals surface area (Å²) in [6, 6.07) is 5.03. The van der Waals surface area contributed by atoms with Gasteiger partial charge in [0.2, 0.25) is 0 Å². The van der Waals surface area contributed by atoms with E-state index in [0.29, 0.717) is 36.0 Å². The normalized spacial score (nSPS) is 14.3. The van der Waals surface area contributed by atoms with E-state index in [9.17, 15) is 18.0 Å². The fraction of sp³-hybridized carbons (Fsp3) is 0.400. The number of rotatable bonds is 6. The van der Waals surface area contributed by atoms with E-state index in [2.05, 4.69) is 15.1 Å². The van der Waals surface area contributed by atoms with Crippen LogP contribution in [0.25, 0.3) is 22.9 Å². The van der Waals surface area contributed by atoms with Crippen molar-refractivity contribution < 1.29 is 27.4 Å². The third kappa shape index (κ3) is 4.39. The molecule has 12 heteroatoms. The maximum atomic E-state index is 12.8. The molecule has 0 saturated carbocycles. The molecule has 0 radical (unpaired) electrons.